The van der Waals surface area contributed by atoms with Crippen molar-refractivity contribution in [1.82, 2.24) is 15.1 Å². The van der Waals surface area contributed by atoms with Gasteiger partial charge in [0.05, 0.1) is 19.1 Å². The van der Waals surface area contributed by atoms with Crippen LogP contribution in [0.2, 0.25) is 0 Å². The van der Waals surface area contributed by atoms with Crippen molar-refractivity contribution in [2.75, 3.05) is 38.7 Å². The van der Waals surface area contributed by atoms with Gasteiger partial charge in [0.15, 0.2) is 5.78 Å². The number of nitrogens with one attached hydrogen (secondary N) is 1. The topological polar surface area (TPSA) is 92.9 Å². The number of hydrogen-bond acceptors (Lipinski definition) is 6. The minimum atomic E-state index is -0.169. The number of ether oxygens (including phenoxy) is 1. The van der Waals surface area contributed by atoms with E-state index in [0.29, 0.717) is 36.2 Å². The molecule has 0 radical (unpaired) electrons. The van der Waals surface area contributed by atoms with Gasteiger partial charge in [-0.3, -0.25) is 15.1 Å². The Morgan fingerprint density at radius 1 is 1.06 bits per heavy atom. The smallest absolute Gasteiger partial charge is 0.322 e. The van der Waals surface area contributed by atoms with E-state index in [-0.39, 0.29) is 17.7 Å². The van der Waals surface area contributed by atoms with Crippen LogP contribution in [-0.2, 0) is 4.74 Å². The van der Waals surface area contributed by atoms with Gasteiger partial charge in [-0.2, -0.15) is 0 Å². The van der Waals surface area contributed by atoms with Crippen LogP contribution in [0.5, 0.6) is 0 Å². The number of carbonyl (C=O) groups excluding carboxylic acids is 1. The Bertz CT molecular complexity index is 1060. The first-order chi connectivity index (χ1) is 15.2. The average Bonchev–Trinajstić information content (AvgIpc) is 3.31. The van der Waals surface area contributed by atoms with E-state index >= 15 is 0 Å². The quantitative estimate of drug-likeness (QED) is 0.386. The molecule has 8 heteroatoms. The van der Waals surface area contributed by atoms with Crippen LogP contribution < -0.4 is 5.32 Å². The number of guanidine groups is 1. The van der Waals surface area contributed by atoms with Crippen LogP contribution in [0.25, 0.3) is 0 Å². The zero-order chi connectivity index (χ0) is 21.6. The van der Waals surface area contributed by atoms with E-state index in [2.05, 4.69) is 25.4 Å². The molecule has 0 amide bonds. The van der Waals surface area contributed by atoms with Crippen LogP contribution >= 0.6 is 0 Å². The largest absolute Gasteiger partial charge is 0.407 e. The van der Waals surface area contributed by atoms with Crippen molar-refractivity contribution in [3.8, 4) is 0 Å². The molecule has 1 saturated heterocycles. The number of hydrogen-bond donors (Lipinski definition) is 1. The van der Waals surface area contributed by atoms with Crippen LogP contribution in [0.3, 0.4) is 0 Å². The van der Waals surface area contributed by atoms with E-state index in [9.17, 15) is 4.79 Å². The maximum atomic E-state index is 12.8. The highest BCUT2D eigenvalue weighted by atomic mass is 16.5. The molecule has 2 heterocycles. The molecule has 0 bridgehead atoms. The van der Waals surface area contributed by atoms with E-state index in [4.69, 9.17) is 9.15 Å². The Balaban J connectivity index is 1.48. The first kappa shape index (κ1) is 20.7. The Morgan fingerprint density at radius 3 is 2.55 bits per heavy atom. The van der Waals surface area contributed by atoms with Crippen molar-refractivity contribution in [2.45, 2.75) is 12.8 Å². The summed E-state index contributed by atoms with van der Waals surface area (Å²) in [6.07, 6.45) is 0. The van der Waals surface area contributed by atoms with Crippen molar-refractivity contribution in [3.05, 3.63) is 77.2 Å². The number of nitrogens with zero attached hydrogens (tertiary/aromatic N) is 4. The zero-order valence-electron chi connectivity index (χ0n) is 17.6. The molecule has 160 valence electrons. The third kappa shape index (κ3) is 4.80. The number of benzene rings is 2. The minimum absolute atomic E-state index is 0.0168. The third-order valence-corrected chi connectivity index (χ3v) is 5.24. The van der Waals surface area contributed by atoms with Gasteiger partial charge in [0.2, 0.25) is 11.9 Å². The molecule has 1 N–H and O–H groups in total. The molecular formula is C23H25N5O3. The zero-order valence-corrected chi connectivity index (χ0v) is 17.6. The Morgan fingerprint density at radius 2 is 1.81 bits per heavy atom. The molecule has 0 spiro atoms. The Hall–Kier alpha value is -3.52. The second kappa shape index (κ2) is 9.53. The van der Waals surface area contributed by atoms with E-state index in [1.807, 2.05) is 61.5 Å². The number of carbonyl (C=O) groups is 1. The highest BCUT2D eigenvalue weighted by Gasteiger charge is 2.20. The summed E-state index contributed by atoms with van der Waals surface area (Å²) in [6.45, 7) is 4.79. The predicted octanol–water partition coefficient (Wildman–Crippen LogP) is 3.18. The van der Waals surface area contributed by atoms with E-state index < -0.39 is 0 Å². The predicted molar refractivity (Wildman–Crippen MR) is 118 cm³/mol. The van der Waals surface area contributed by atoms with Crippen molar-refractivity contribution in [1.29, 1.82) is 0 Å². The molecular weight excluding hydrogens is 394 g/mol. The molecule has 1 unspecified atom stereocenters. The molecule has 8 nitrogen and oxygen atoms in total. The maximum Gasteiger partial charge on any atom is 0.322 e. The number of ketones is 1. The summed E-state index contributed by atoms with van der Waals surface area (Å²) in [4.78, 5) is 19.1. The second-order valence-corrected chi connectivity index (χ2v) is 7.26. The maximum absolute atomic E-state index is 12.8. The van der Waals surface area contributed by atoms with Crippen molar-refractivity contribution >= 4 is 17.8 Å². The number of aliphatic imine (C=N–C) groups is 1. The van der Waals surface area contributed by atoms with E-state index in [1.165, 1.54) is 0 Å². The molecule has 1 fully saturated rings. The lowest BCUT2D eigenvalue weighted by Crippen LogP contribution is -2.44. The van der Waals surface area contributed by atoms with Gasteiger partial charge in [0.25, 0.3) is 0 Å². The van der Waals surface area contributed by atoms with Gasteiger partial charge >= 0.3 is 6.01 Å². The van der Waals surface area contributed by atoms with Gasteiger partial charge in [-0.05, 0) is 18.6 Å². The third-order valence-electron chi connectivity index (χ3n) is 5.24. The summed E-state index contributed by atoms with van der Waals surface area (Å²) in [5.74, 6) is 0.944. The van der Waals surface area contributed by atoms with Crippen molar-refractivity contribution < 1.29 is 13.9 Å². The molecule has 0 saturated carbocycles. The van der Waals surface area contributed by atoms with Crippen LogP contribution in [0.4, 0.5) is 6.01 Å². The molecule has 1 aromatic heterocycles. The van der Waals surface area contributed by atoms with Gasteiger partial charge in [0, 0.05) is 31.3 Å². The first-order valence-corrected chi connectivity index (χ1v) is 10.3. The number of morpholine rings is 1. The van der Waals surface area contributed by atoms with Gasteiger partial charge in [-0.1, -0.05) is 53.6 Å². The number of rotatable bonds is 5. The van der Waals surface area contributed by atoms with Crippen molar-refractivity contribution in [2.24, 2.45) is 4.99 Å². The summed E-state index contributed by atoms with van der Waals surface area (Å²) < 4.78 is 11.2. The highest BCUT2D eigenvalue weighted by molar-refractivity contribution is 6.09. The van der Waals surface area contributed by atoms with Crippen molar-refractivity contribution in [3.63, 3.8) is 0 Å². The normalized spacial score (nSPS) is 15.5. The fraction of sp³-hybridized carbons (Fsp3) is 0.304. The second-order valence-electron chi connectivity index (χ2n) is 7.26. The summed E-state index contributed by atoms with van der Waals surface area (Å²) in [5.41, 5.74) is 2.21. The van der Waals surface area contributed by atoms with Crippen LogP contribution in [-0.4, -0.2) is 60.2 Å². The fourth-order valence-electron chi connectivity index (χ4n) is 3.46. The fourth-order valence-corrected chi connectivity index (χ4v) is 3.46. The monoisotopic (exact) mass is 419 g/mol. The number of aromatic nitrogens is 2. The molecule has 1 aliphatic rings. The van der Waals surface area contributed by atoms with E-state index in [0.717, 1.165) is 18.7 Å². The standard InChI is InChI=1S/C23H25N5O3/c1-16(18-9-6-10-19(15-18)20(29)17-7-4-3-5-8-17)21-26-27-23(31-21)25-22(24-2)28-11-13-30-14-12-28/h3-10,15-16H,11-14H2,1-2H3,(H,24,25,27). The minimum Gasteiger partial charge on any atom is -0.407 e. The lowest BCUT2D eigenvalue weighted by atomic mass is 9.96. The van der Waals surface area contributed by atoms with Gasteiger partial charge < -0.3 is 14.1 Å². The van der Waals surface area contributed by atoms with Crippen LogP contribution in [0.1, 0.15) is 40.2 Å². The summed E-state index contributed by atoms with van der Waals surface area (Å²) in [5, 5.41) is 11.4. The first-order valence-electron chi connectivity index (χ1n) is 10.3. The summed E-state index contributed by atoms with van der Waals surface area (Å²) in [7, 11) is 1.72. The molecule has 4 rings (SSSR count). The molecule has 0 aliphatic carbocycles. The van der Waals surface area contributed by atoms with Gasteiger partial charge in [-0.15, -0.1) is 5.10 Å². The molecule has 1 atom stereocenters. The lowest BCUT2D eigenvalue weighted by Gasteiger charge is -2.29. The molecule has 31 heavy (non-hydrogen) atoms. The Labute approximate surface area is 181 Å². The van der Waals surface area contributed by atoms with Crippen LogP contribution in [0.15, 0.2) is 64.0 Å². The SMILES string of the molecule is CN=C(Nc1nnc(C(C)c2cccc(C(=O)c3ccccc3)c2)o1)N1CCOCC1. The van der Waals surface area contributed by atoms with Gasteiger partial charge in [-0.25, -0.2) is 0 Å². The average molecular weight is 419 g/mol. The van der Waals surface area contributed by atoms with Crippen LogP contribution in [0, 0.1) is 0 Å². The lowest BCUT2D eigenvalue weighted by molar-refractivity contribution is 0.0679. The molecule has 1 aliphatic heterocycles. The van der Waals surface area contributed by atoms with Gasteiger partial charge in [0.1, 0.15) is 0 Å². The summed E-state index contributed by atoms with van der Waals surface area (Å²) in [6, 6.07) is 17.0. The Kier molecular flexibility index (Phi) is 6.37. The highest BCUT2D eigenvalue weighted by Crippen LogP contribution is 2.25. The molecule has 3 aromatic rings. The number of anilines is 1. The molecule has 2 aromatic carbocycles. The summed E-state index contributed by atoms with van der Waals surface area (Å²) >= 11 is 0. The van der Waals surface area contributed by atoms with E-state index in [1.54, 1.807) is 7.05 Å².